The smallest absolute Gasteiger partial charge is 0.230 e. The Bertz CT molecular complexity index is 378. The second-order valence-corrected chi connectivity index (χ2v) is 7.22. The molecule has 0 bridgehead atoms. The fourth-order valence-electron chi connectivity index (χ4n) is 4.32. The second-order valence-electron chi connectivity index (χ2n) is 7.22. The Hall–Kier alpha value is -0.0700. The first kappa shape index (κ1) is 22.0. The van der Waals surface area contributed by atoms with Gasteiger partial charge in [-0.3, -0.25) is 4.79 Å². The number of amides is 1. The number of carbonyl (C=O) groups is 1. The molecule has 0 unspecified atom stereocenters. The Balaban J connectivity index is 0.00000144. The van der Waals surface area contributed by atoms with Crippen LogP contribution in [0.15, 0.2) is 0 Å². The van der Waals surface area contributed by atoms with E-state index in [1.165, 1.54) is 32.4 Å². The third-order valence-electron chi connectivity index (χ3n) is 5.95. The zero-order chi connectivity index (χ0) is 15.4. The van der Waals surface area contributed by atoms with E-state index in [1.54, 1.807) is 0 Å². The van der Waals surface area contributed by atoms with Gasteiger partial charge in [0.25, 0.3) is 0 Å². The van der Waals surface area contributed by atoms with Crippen LogP contribution >= 0.6 is 24.8 Å². The highest BCUT2D eigenvalue weighted by Gasteiger charge is 2.42. The fourth-order valence-corrected chi connectivity index (χ4v) is 4.32. The summed E-state index contributed by atoms with van der Waals surface area (Å²) in [5.74, 6) is 0.287. The third kappa shape index (κ3) is 4.76. The zero-order valence-electron chi connectivity index (χ0n) is 14.6. The molecule has 0 saturated carbocycles. The largest absolute Gasteiger partial charge is 0.381 e. The molecule has 0 atom stereocenters. The molecule has 3 fully saturated rings. The molecule has 3 aliphatic heterocycles. The van der Waals surface area contributed by atoms with Crippen LogP contribution < -0.4 is 5.73 Å². The van der Waals surface area contributed by atoms with Gasteiger partial charge in [-0.05, 0) is 51.6 Å². The number of ether oxygens (including phenoxy) is 1. The van der Waals surface area contributed by atoms with Gasteiger partial charge in [0, 0.05) is 38.9 Å². The molecule has 7 heteroatoms. The number of nitrogens with zero attached hydrogens (tertiary/aromatic N) is 2. The van der Waals surface area contributed by atoms with Crippen molar-refractivity contribution in [2.75, 3.05) is 45.9 Å². The first-order chi connectivity index (χ1) is 10.7. The number of piperidine rings is 2. The molecule has 0 aliphatic carbocycles. The van der Waals surface area contributed by atoms with Crippen LogP contribution in [-0.4, -0.2) is 67.7 Å². The van der Waals surface area contributed by atoms with Crippen LogP contribution in [0.2, 0.25) is 0 Å². The van der Waals surface area contributed by atoms with Gasteiger partial charge in [-0.1, -0.05) is 6.42 Å². The van der Waals surface area contributed by atoms with Crippen molar-refractivity contribution in [3.8, 4) is 0 Å². The molecule has 0 aromatic heterocycles. The van der Waals surface area contributed by atoms with E-state index in [2.05, 4.69) is 9.80 Å². The van der Waals surface area contributed by atoms with Crippen molar-refractivity contribution in [3.63, 3.8) is 0 Å². The van der Waals surface area contributed by atoms with Crippen molar-refractivity contribution in [2.24, 2.45) is 11.1 Å². The van der Waals surface area contributed by atoms with Gasteiger partial charge in [-0.15, -0.1) is 24.8 Å². The molecular weight excluding hydrogens is 349 g/mol. The molecule has 5 nitrogen and oxygen atoms in total. The Kier molecular flexibility index (Phi) is 9.31. The maximum atomic E-state index is 13.0. The summed E-state index contributed by atoms with van der Waals surface area (Å²) in [6.07, 6.45) is 7.90. The molecule has 0 aromatic carbocycles. The maximum absolute atomic E-state index is 13.0. The quantitative estimate of drug-likeness (QED) is 0.812. The van der Waals surface area contributed by atoms with Gasteiger partial charge in [0.1, 0.15) is 0 Å². The highest BCUT2D eigenvalue weighted by Crippen LogP contribution is 2.33. The van der Waals surface area contributed by atoms with Crippen molar-refractivity contribution < 1.29 is 9.53 Å². The van der Waals surface area contributed by atoms with E-state index in [-0.39, 0.29) is 36.1 Å². The van der Waals surface area contributed by atoms with E-state index in [0.717, 1.165) is 38.8 Å². The minimum Gasteiger partial charge on any atom is -0.381 e. The molecular formula is C17H33Cl2N3O2. The third-order valence-corrected chi connectivity index (χ3v) is 5.95. The lowest BCUT2D eigenvalue weighted by Gasteiger charge is -2.44. The number of halogens is 2. The predicted molar refractivity (Wildman–Crippen MR) is 101 cm³/mol. The molecule has 3 saturated heterocycles. The van der Waals surface area contributed by atoms with Crippen LogP contribution in [0.25, 0.3) is 0 Å². The number of hydrogen-bond donors (Lipinski definition) is 1. The fraction of sp³-hybridized carbons (Fsp3) is 0.941. The van der Waals surface area contributed by atoms with Crippen LogP contribution in [0, 0.1) is 5.41 Å². The summed E-state index contributed by atoms with van der Waals surface area (Å²) in [5.41, 5.74) is 5.63. The second kappa shape index (κ2) is 10.2. The van der Waals surface area contributed by atoms with Gasteiger partial charge in [-0.25, -0.2) is 0 Å². The molecule has 3 aliphatic rings. The summed E-state index contributed by atoms with van der Waals surface area (Å²) in [4.78, 5) is 17.7. The summed E-state index contributed by atoms with van der Waals surface area (Å²) in [6, 6.07) is 0.688. The first-order valence-corrected chi connectivity index (χ1v) is 9.06. The lowest BCUT2D eigenvalue weighted by molar-refractivity contribution is -0.148. The van der Waals surface area contributed by atoms with Crippen molar-refractivity contribution in [1.82, 2.24) is 9.80 Å². The van der Waals surface area contributed by atoms with Crippen LogP contribution in [-0.2, 0) is 9.53 Å². The average molecular weight is 382 g/mol. The minimum absolute atomic E-state index is 0. The summed E-state index contributed by atoms with van der Waals surface area (Å²) in [6.45, 7) is 6.12. The van der Waals surface area contributed by atoms with Gasteiger partial charge in [0.05, 0.1) is 5.41 Å². The number of nitrogens with two attached hydrogens (primary N) is 1. The lowest BCUT2D eigenvalue weighted by Crippen LogP contribution is -2.55. The van der Waals surface area contributed by atoms with E-state index in [1.807, 2.05) is 0 Å². The normalized spacial score (nSPS) is 25.5. The van der Waals surface area contributed by atoms with Gasteiger partial charge in [0.2, 0.25) is 5.91 Å². The summed E-state index contributed by atoms with van der Waals surface area (Å²) in [7, 11) is 0. The van der Waals surface area contributed by atoms with Crippen LogP contribution in [0.4, 0.5) is 0 Å². The van der Waals surface area contributed by atoms with Crippen molar-refractivity contribution >= 4 is 30.7 Å². The summed E-state index contributed by atoms with van der Waals surface area (Å²) in [5, 5.41) is 0. The number of rotatable bonds is 3. The minimum atomic E-state index is -0.351. The van der Waals surface area contributed by atoms with Gasteiger partial charge in [0.15, 0.2) is 0 Å². The zero-order valence-corrected chi connectivity index (χ0v) is 16.2. The van der Waals surface area contributed by atoms with E-state index in [4.69, 9.17) is 10.5 Å². The Labute approximate surface area is 158 Å². The van der Waals surface area contributed by atoms with Gasteiger partial charge in [-0.2, -0.15) is 0 Å². The lowest BCUT2D eigenvalue weighted by atomic mass is 9.78. The van der Waals surface area contributed by atoms with Gasteiger partial charge < -0.3 is 20.3 Å². The molecule has 24 heavy (non-hydrogen) atoms. The molecule has 2 N–H and O–H groups in total. The van der Waals surface area contributed by atoms with E-state index >= 15 is 0 Å². The Morgan fingerprint density at radius 3 is 2.12 bits per heavy atom. The first-order valence-electron chi connectivity index (χ1n) is 9.06. The van der Waals surface area contributed by atoms with E-state index in [0.29, 0.717) is 25.8 Å². The van der Waals surface area contributed by atoms with Crippen molar-refractivity contribution in [1.29, 1.82) is 0 Å². The molecule has 142 valence electrons. The van der Waals surface area contributed by atoms with Crippen LogP contribution in [0.5, 0.6) is 0 Å². The van der Waals surface area contributed by atoms with E-state index < -0.39 is 0 Å². The van der Waals surface area contributed by atoms with Crippen LogP contribution in [0.1, 0.15) is 44.9 Å². The summed E-state index contributed by atoms with van der Waals surface area (Å²) < 4.78 is 5.43. The number of carbonyl (C=O) groups excluding carboxylic acids is 1. The number of likely N-dealkylation sites (tertiary alicyclic amines) is 2. The molecule has 3 heterocycles. The maximum Gasteiger partial charge on any atom is 0.230 e. The SMILES string of the molecule is Cl.Cl.NCC1(C(=O)N2CCC(N3CCCCC3)CC2)CCOCC1. The van der Waals surface area contributed by atoms with Gasteiger partial charge >= 0.3 is 0 Å². The Morgan fingerprint density at radius 1 is 1.00 bits per heavy atom. The molecule has 3 rings (SSSR count). The molecule has 0 spiro atoms. The van der Waals surface area contributed by atoms with Crippen molar-refractivity contribution in [3.05, 3.63) is 0 Å². The van der Waals surface area contributed by atoms with Crippen LogP contribution in [0.3, 0.4) is 0 Å². The standard InChI is InChI=1S/C17H31N3O2.2ClH/c18-14-17(6-12-22-13-7-17)16(21)20-10-4-15(5-11-20)19-8-2-1-3-9-19;;/h15H,1-14,18H2;2*1H. The Morgan fingerprint density at radius 2 is 1.58 bits per heavy atom. The highest BCUT2D eigenvalue weighted by atomic mass is 35.5. The average Bonchev–Trinajstić information content (AvgIpc) is 2.62. The van der Waals surface area contributed by atoms with E-state index in [9.17, 15) is 4.79 Å². The monoisotopic (exact) mass is 381 g/mol. The molecule has 0 aromatic rings. The predicted octanol–water partition coefficient (Wildman–Crippen LogP) is 2.06. The highest BCUT2D eigenvalue weighted by molar-refractivity contribution is 5.85. The molecule has 1 amide bonds. The molecule has 0 radical (unpaired) electrons. The van der Waals surface area contributed by atoms with Crippen molar-refractivity contribution in [2.45, 2.75) is 51.0 Å². The number of hydrogen-bond acceptors (Lipinski definition) is 4. The topological polar surface area (TPSA) is 58.8 Å². The summed E-state index contributed by atoms with van der Waals surface area (Å²) >= 11 is 0.